The lowest BCUT2D eigenvalue weighted by atomic mass is 10.2. The number of thioether (sulfide) groups is 1. The van der Waals surface area contributed by atoms with Crippen LogP contribution in [0.4, 0.5) is 0 Å². The third-order valence-corrected chi connectivity index (χ3v) is 3.61. The first-order valence-electron chi connectivity index (χ1n) is 5.78. The normalized spacial score (nSPS) is 12.2. The van der Waals surface area contributed by atoms with E-state index < -0.39 is 6.10 Å². The van der Waals surface area contributed by atoms with Gasteiger partial charge in [0.05, 0.1) is 18.5 Å². The van der Waals surface area contributed by atoms with E-state index in [0.29, 0.717) is 5.75 Å². The van der Waals surface area contributed by atoms with Crippen LogP contribution < -0.4 is 5.32 Å². The Morgan fingerprint density at radius 3 is 2.83 bits per heavy atom. The van der Waals surface area contributed by atoms with Gasteiger partial charge >= 0.3 is 0 Å². The molecule has 0 fully saturated rings. The lowest BCUT2D eigenvalue weighted by Crippen LogP contribution is -2.34. The molecule has 0 aliphatic carbocycles. The minimum absolute atomic E-state index is 0.0860. The molecule has 0 spiro atoms. The number of rotatable bonds is 6. The van der Waals surface area contributed by atoms with Crippen molar-refractivity contribution < 1.29 is 15.0 Å². The number of hydrogen-bond acceptors (Lipinski definition) is 4. The first-order chi connectivity index (χ1) is 8.52. The molecule has 1 unspecified atom stereocenters. The van der Waals surface area contributed by atoms with E-state index in [2.05, 4.69) is 11.4 Å². The van der Waals surface area contributed by atoms with E-state index >= 15 is 0 Å². The molecule has 100 valence electrons. The summed E-state index contributed by atoms with van der Waals surface area (Å²) >= 11 is 1.47. The van der Waals surface area contributed by atoms with Gasteiger partial charge in [0, 0.05) is 11.4 Å². The summed E-state index contributed by atoms with van der Waals surface area (Å²) < 4.78 is 0. The maximum atomic E-state index is 11.5. The molecule has 0 aromatic heterocycles. The highest BCUT2D eigenvalue weighted by molar-refractivity contribution is 8.00. The van der Waals surface area contributed by atoms with Crippen molar-refractivity contribution in [3.63, 3.8) is 0 Å². The number of hydrogen-bond donors (Lipinski definition) is 3. The van der Waals surface area contributed by atoms with E-state index in [1.54, 1.807) is 0 Å². The summed E-state index contributed by atoms with van der Waals surface area (Å²) in [4.78, 5) is 12.6. The minimum atomic E-state index is -0.889. The van der Waals surface area contributed by atoms with Crippen molar-refractivity contribution in [1.29, 1.82) is 0 Å². The topological polar surface area (TPSA) is 69.6 Å². The molecule has 0 heterocycles. The third kappa shape index (κ3) is 5.08. The zero-order valence-electron chi connectivity index (χ0n) is 10.6. The number of carbonyl (C=O) groups is 1. The standard InChI is InChI=1S/C13H19NO3S/c1-9-3-4-10(2)12(5-9)18-8-13(17)14-6-11(16)7-15/h3-5,11,15-16H,6-8H2,1-2H3,(H,14,17). The highest BCUT2D eigenvalue weighted by atomic mass is 32.2. The quantitative estimate of drug-likeness (QED) is 0.670. The highest BCUT2D eigenvalue weighted by Gasteiger charge is 2.07. The smallest absolute Gasteiger partial charge is 0.230 e. The van der Waals surface area contributed by atoms with Gasteiger partial charge in [-0.05, 0) is 25.5 Å². The van der Waals surface area contributed by atoms with E-state index in [1.165, 1.54) is 17.3 Å². The Balaban J connectivity index is 2.40. The van der Waals surface area contributed by atoms with Gasteiger partial charge in [-0.1, -0.05) is 17.7 Å². The molecular formula is C13H19NO3S. The fraction of sp³-hybridized carbons (Fsp3) is 0.462. The Bertz CT molecular complexity index is 409. The second-order valence-corrected chi connectivity index (χ2v) is 5.22. The molecule has 5 heteroatoms. The molecule has 1 atom stereocenters. The van der Waals surface area contributed by atoms with Crippen LogP contribution in [0.3, 0.4) is 0 Å². The van der Waals surface area contributed by atoms with Gasteiger partial charge in [0.25, 0.3) is 0 Å². The summed E-state index contributed by atoms with van der Waals surface area (Å²) in [5, 5.41) is 20.3. The van der Waals surface area contributed by atoms with Crippen LogP contribution in [0, 0.1) is 13.8 Å². The fourth-order valence-corrected chi connectivity index (χ4v) is 2.31. The number of carbonyl (C=O) groups excluding carboxylic acids is 1. The molecule has 3 N–H and O–H groups in total. The third-order valence-electron chi connectivity index (χ3n) is 2.45. The van der Waals surface area contributed by atoms with E-state index in [0.717, 1.165) is 10.5 Å². The van der Waals surface area contributed by atoms with Crippen LogP contribution in [0.1, 0.15) is 11.1 Å². The number of benzene rings is 1. The molecule has 1 aromatic rings. The summed E-state index contributed by atoms with van der Waals surface area (Å²) in [5.41, 5.74) is 2.31. The van der Waals surface area contributed by atoms with Crippen molar-refractivity contribution >= 4 is 17.7 Å². The molecule has 0 radical (unpaired) electrons. The maximum absolute atomic E-state index is 11.5. The zero-order valence-corrected chi connectivity index (χ0v) is 11.5. The van der Waals surface area contributed by atoms with Gasteiger partial charge in [-0.15, -0.1) is 11.8 Å². The predicted molar refractivity (Wildman–Crippen MR) is 72.7 cm³/mol. The van der Waals surface area contributed by atoms with Crippen molar-refractivity contribution in [2.75, 3.05) is 18.9 Å². The Hall–Kier alpha value is -1.04. The molecule has 1 amide bonds. The summed E-state index contributed by atoms with van der Waals surface area (Å²) in [6.07, 6.45) is -0.889. The molecule has 1 rings (SSSR count). The predicted octanol–water partition coefficient (Wildman–Crippen LogP) is 0.865. The average molecular weight is 269 g/mol. The molecule has 0 bridgehead atoms. The fourth-order valence-electron chi connectivity index (χ4n) is 1.35. The van der Waals surface area contributed by atoms with Crippen LogP contribution in [0.15, 0.2) is 23.1 Å². The Labute approximate surface area is 111 Å². The number of aliphatic hydroxyl groups is 2. The lowest BCUT2D eigenvalue weighted by molar-refractivity contribution is -0.119. The summed E-state index contributed by atoms with van der Waals surface area (Å²) in [5.74, 6) is 0.163. The number of aryl methyl sites for hydroxylation is 2. The molecule has 0 aliphatic heterocycles. The number of amides is 1. The van der Waals surface area contributed by atoms with Crippen molar-refractivity contribution in [2.24, 2.45) is 0 Å². The highest BCUT2D eigenvalue weighted by Crippen LogP contribution is 2.23. The van der Waals surface area contributed by atoms with E-state index in [4.69, 9.17) is 10.2 Å². The van der Waals surface area contributed by atoms with Crippen molar-refractivity contribution in [2.45, 2.75) is 24.8 Å². The van der Waals surface area contributed by atoms with Crippen LogP contribution in [-0.2, 0) is 4.79 Å². The van der Waals surface area contributed by atoms with Gasteiger partial charge in [0.15, 0.2) is 0 Å². The van der Waals surface area contributed by atoms with Gasteiger partial charge in [-0.3, -0.25) is 4.79 Å². The monoisotopic (exact) mass is 269 g/mol. The molecule has 0 saturated carbocycles. The van der Waals surface area contributed by atoms with E-state index in [-0.39, 0.29) is 19.1 Å². The number of nitrogens with one attached hydrogen (secondary N) is 1. The van der Waals surface area contributed by atoms with Crippen molar-refractivity contribution in [3.05, 3.63) is 29.3 Å². The van der Waals surface area contributed by atoms with Crippen LogP contribution in [0.2, 0.25) is 0 Å². The van der Waals surface area contributed by atoms with E-state index in [9.17, 15) is 4.79 Å². The molecular weight excluding hydrogens is 250 g/mol. The van der Waals surface area contributed by atoms with Gasteiger partial charge in [0.2, 0.25) is 5.91 Å². The maximum Gasteiger partial charge on any atom is 0.230 e. The SMILES string of the molecule is Cc1ccc(C)c(SCC(=O)NCC(O)CO)c1. The van der Waals surface area contributed by atoms with Crippen LogP contribution in [-0.4, -0.2) is 41.1 Å². The zero-order chi connectivity index (χ0) is 13.5. The van der Waals surface area contributed by atoms with Crippen LogP contribution in [0.5, 0.6) is 0 Å². The first kappa shape index (κ1) is 15.0. The van der Waals surface area contributed by atoms with Crippen molar-refractivity contribution in [3.8, 4) is 0 Å². The summed E-state index contributed by atoms with van der Waals surface area (Å²) in [6.45, 7) is 3.77. The van der Waals surface area contributed by atoms with Gasteiger partial charge < -0.3 is 15.5 Å². The summed E-state index contributed by atoms with van der Waals surface area (Å²) in [6, 6.07) is 6.12. The van der Waals surface area contributed by atoms with Gasteiger partial charge in [0.1, 0.15) is 0 Å². The second kappa shape index (κ2) is 7.41. The van der Waals surface area contributed by atoms with Gasteiger partial charge in [-0.2, -0.15) is 0 Å². The average Bonchev–Trinajstić information content (AvgIpc) is 2.36. The molecule has 4 nitrogen and oxygen atoms in total. The Morgan fingerprint density at radius 1 is 1.44 bits per heavy atom. The minimum Gasteiger partial charge on any atom is -0.394 e. The Kier molecular flexibility index (Phi) is 6.18. The van der Waals surface area contributed by atoms with E-state index in [1.807, 2.05) is 26.0 Å². The molecule has 18 heavy (non-hydrogen) atoms. The lowest BCUT2D eigenvalue weighted by Gasteiger charge is -2.10. The number of aliphatic hydroxyl groups excluding tert-OH is 2. The molecule has 1 aromatic carbocycles. The van der Waals surface area contributed by atoms with Crippen molar-refractivity contribution in [1.82, 2.24) is 5.32 Å². The summed E-state index contributed by atoms with van der Waals surface area (Å²) in [7, 11) is 0. The van der Waals surface area contributed by atoms with Crippen LogP contribution in [0.25, 0.3) is 0 Å². The first-order valence-corrected chi connectivity index (χ1v) is 6.77. The second-order valence-electron chi connectivity index (χ2n) is 4.20. The molecule has 0 saturated heterocycles. The van der Waals surface area contributed by atoms with Crippen LogP contribution >= 0.6 is 11.8 Å². The largest absolute Gasteiger partial charge is 0.394 e. The Morgan fingerprint density at radius 2 is 2.17 bits per heavy atom. The van der Waals surface area contributed by atoms with Gasteiger partial charge in [-0.25, -0.2) is 0 Å². The molecule has 0 aliphatic rings.